The van der Waals surface area contributed by atoms with E-state index in [4.69, 9.17) is 10.5 Å². The molecule has 0 aliphatic rings. The van der Waals surface area contributed by atoms with E-state index >= 15 is 0 Å². The minimum absolute atomic E-state index is 0.168. The highest BCUT2D eigenvalue weighted by atomic mass is 79.9. The van der Waals surface area contributed by atoms with Crippen molar-refractivity contribution in [3.05, 3.63) is 50.4 Å². The van der Waals surface area contributed by atoms with E-state index in [0.29, 0.717) is 5.69 Å². The van der Waals surface area contributed by atoms with E-state index in [2.05, 4.69) is 20.9 Å². The summed E-state index contributed by atoms with van der Waals surface area (Å²) in [7, 11) is 0. The van der Waals surface area contributed by atoms with E-state index in [9.17, 15) is 4.79 Å². The zero-order valence-electron chi connectivity index (χ0n) is 10.3. The monoisotopic (exact) mass is 340 g/mol. The number of ether oxygens (including phenoxy) is 1. The molecule has 1 unspecified atom stereocenters. The summed E-state index contributed by atoms with van der Waals surface area (Å²) in [6, 6.07) is 7.43. The molecular formula is C13H13BrN2O2S. The van der Waals surface area contributed by atoms with Crippen LogP contribution in [-0.4, -0.2) is 11.0 Å². The van der Waals surface area contributed by atoms with Crippen molar-refractivity contribution < 1.29 is 9.53 Å². The molecule has 100 valence electrons. The van der Waals surface area contributed by atoms with Crippen molar-refractivity contribution in [2.45, 2.75) is 19.6 Å². The van der Waals surface area contributed by atoms with Gasteiger partial charge in [-0.25, -0.2) is 9.78 Å². The van der Waals surface area contributed by atoms with Crippen LogP contribution in [-0.2, 0) is 11.3 Å². The van der Waals surface area contributed by atoms with Gasteiger partial charge < -0.3 is 10.5 Å². The number of rotatable bonds is 4. The van der Waals surface area contributed by atoms with Gasteiger partial charge in [0.1, 0.15) is 11.6 Å². The van der Waals surface area contributed by atoms with E-state index in [1.54, 1.807) is 5.38 Å². The van der Waals surface area contributed by atoms with Gasteiger partial charge in [-0.1, -0.05) is 28.1 Å². The first kappa shape index (κ1) is 14.2. The minimum Gasteiger partial charge on any atom is -0.456 e. The third-order valence-electron chi connectivity index (χ3n) is 2.40. The molecule has 2 rings (SSSR count). The zero-order chi connectivity index (χ0) is 13.8. The molecule has 0 spiro atoms. The fourth-order valence-corrected chi connectivity index (χ4v) is 2.41. The third kappa shape index (κ3) is 3.86. The van der Waals surface area contributed by atoms with Crippen LogP contribution in [0.15, 0.2) is 34.1 Å². The van der Waals surface area contributed by atoms with Crippen molar-refractivity contribution in [2.24, 2.45) is 5.73 Å². The molecule has 0 radical (unpaired) electrons. The molecule has 0 fully saturated rings. The lowest BCUT2D eigenvalue weighted by molar-refractivity contribution is 0.0466. The molecule has 2 N–H and O–H groups in total. The molecule has 1 heterocycles. The van der Waals surface area contributed by atoms with E-state index in [0.717, 1.165) is 15.0 Å². The molecule has 6 heteroatoms. The van der Waals surface area contributed by atoms with E-state index in [-0.39, 0.29) is 12.6 Å². The van der Waals surface area contributed by atoms with E-state index < -0.39 is 5.97 Å². The molecule has 0 aliphatic heterocycles. The predicted molar refractivity (Wildman–Crippen MR) is 78.0 cm³/mol. The first-order valence-corrected chi connectivity index (χ1v) is 7.36. The number of hydrogen-bond donors (Lipinski definition) is 1. The Morgan fingerprint density at radius 1 is 1.47 bits per heavy atom. The Morgan fingerprint density at radius 2 is 2.16 bits per heavy atom. The Kier molecular flexibility index (Phi) is 4.68. The van der Waals surface area contributed by atoms with Gasteiger partial charge in [-0.2, -0.15) is 0 Å². The second-order valence-electron chi connectivity index (χ2n) is 4.06. The van der Waals surface area contributed by atoms with Crippen molar-refractivity contribution in [2.75, 3.05) is 0 Å². The number of aromatic nitrogens is 1. The van der Waals surface area contributed by atoms with Gasteiger partial charge >= 0.3 is 5.97 Å². The highest BCUT2D eigenvalue weighted by Crippen LogP contribution is 2.17. The molecule has 0 amide bonds. The number of benzene rings is 1. The summed E-state index contributed by atoms with van der Waals surface area (Å²) in [5.41, 5.74) is 6.94. The molecule has 1 aromatic carbocycles. The number of esters is 1. The lowest BCUT2D eigenvalue weighted by Crippen LogP contribution is -2.08. The Hall–Kier alpha value is -1.24. The average molecular weight is 341 g/mol. The van der Waals surface area contributed by atoms with Crippen LogP contribution in [0.3, 0.4) is 0 Å². The summed E-state index contributed by atoms with van der Waals surface area (Å²) in [5.74, 6) is -0.425. The number of nitrogens with zero attached hydrogens (tertiary/aromatic N) is 1. The maximum atomic E-state index is 11.8. The summed E-state index contributed by atoms with van der Waals surface area (Å²) in [6.45, 7) is 2.06. The number of carbonyl (C=O) groups is 1. The lowest BCUT2D eigenvalue weighted by Gasteiger charge is -2.03. The smallest absolute Gasteiger partial charge is 0.358 e. The highest BCUT2D eigenvalue weighted by Gasteiger charge is 2.14. The Bertz CT molecular complexity index is 566. The largest absolute Gasteiger partial charge is 0.456 e. The van der Waals surface area contributed by atoms with Gasteiger partial charge in [-0.15, -0.1) is 11.3 Å². The molecule has 1 aromatic heterocycles. The summed E-state index contributed by atoms with van der Waals surface area (Å²) in [6.07, 6.45) is 0. The number of nitrogens with two attached hydrogens (primary N) is 1. The van der Waals surface area contributed by atoms with Gasteiger partial charge in [-0.3, -0.25) is 0 Å². The number of hydrogen-bond acceptors (Lipinski definition) is 5. The topological polar surface area (TPSA) is 65.2 Å². The highest BCUT2D eigenvalue weighted by molar-refractivity contribution is 9.10. The average Bonchev–Trinajstić information content (AvgIpc) is 2.87. The molecule has 4 nitrogen and oxygen atoms in total. The van der Waals surface area contributed by atoms with Gasteiger partial charge in [-0.05, 0) is 24.6 Å². The van der Waals surface area contributed by atoms with Crippen LogP contribution < -0.4 is 5.73 Å². The van der Waals surface area contributed by atoms with Gasteiger partial charge in [0.25, 0.3) is 0 Å². The standard InChI is InChI=1S/C13H13BrN2O2S/c1-8(15)12-16-11(7-19-12)13(17)18-6-9-2-4-10(14)5-3-9/h2-5,7-8H,6,15H2,1H3. The quantitative estimate of drug-likeness (QED) is 0.867. The summed E-state index contributed by atoms with van der Waals surface area (Å²) >= 11 is 4.72. The molecule has 0 bridgehead atoms. The van der Waals surface area contributed by atoms with Gasteiger partial charge in [0.05, 0.1) is 6.04 Å². The van der Waals surface area contributed by atoms with Crippen LogP contribution in [0, 0.1) is 0 Å². The second-order valence-corrected chi connectivity index (χ2v) is 5.87. The first-order chi connectivity index (χ1) is 9.06. The van der Waals surface area contributed by atoms with E-state index in [1.165, 1.54) is 11.3 Å². The van der Waals surface area contributed by atoms with Crippen LogP contribution in [0.2, 0.25) is 0 Å². The van der Waals surface area contributed by atoms with Gasteiger partial charge in [0.2, 0.25) is 0 Å². The fraction of sp³-hybridized carbons (Fsp3) is 0.231. The second kappa shape index (κ2) is 6.27. The van der Waals surface area contributed by atoms with Crippen molar-refractivity contribution in [3.8, 4) is 0 Å². The maximum absolute atomic E-state index is 11.8. The van der Waals surface area contributed by atoms with Gasteiger partial charge in [0, 0.05) is 9.85 Å². The van der Waals surface area contributed by atoms with Crippen LogP contribution >= 0.6 is 27.3 Å². The van der Waals surface area contributed by atoms with Crippen molar-refractivity contribution in [3.63, 3.8) is 0 Å². The Morgan fingerprint density at radius 3 is 2.74 bits per heavy atom. The zero-order valence-corrected chi connectivity index (χ0v) is 12.7. The van der Waals surface area contributed by atoms with Crippen LogP contribution in [0.1, 0.15) is 34.0 Å². The molecule has 2 aromatic rings. The molecular weight excluding hydrogens is 328 g/mol. The molecule has 1 atom stereocenters. The summed E-state index contributed by atoms with van der Waals surface area (Å²) in [4.78, 5) is 15.9. The molecule has 0 aliphatic carbocycles. The number of halogens is 1. The lowest BCUT2D eigenvalue weighted by atomic mass is 10.2. The normalized spacial score (nSPS) is 12.2. The molecule has 0 saturated carbocycles. The Balaban J connectivity index is 1.95. The van der Waals surface area contributed by atoms with Crippen LogP contribution in [0.5, 0.6) is 0 Å². The van der Waals surface area contributed by atoms with Crippen LogP contribution in [0.25, 0.3) is 0 Å². The first-order valence-electron chi connectivity index (χ1n) is 5.69. The van der Waals surface area contributed by atoms with Crippen molar-refractivity contribution in [1.29, 1.82) is 0 Å². The Labute approximate surface area is 123 Å². The van der Waals surface area contributed by atoms with Crippen molar-refractivity contribution in [1.82, 2.24) is 4.98 Å². The summed E-state index contributed by atoms with van der Waals surface area (Å²) in [5, 5.41) is 2.40. The minimum atomic E-state index is -0.425. The molecule has 19 heavy (non-hydrogen) atoms. The van der Waals surface area contributed by atoms with E-state index in [1.807, 2.05) is 31.2 Å². The fourth-order valence-electron chi connectivity index (χ4n) is 1.39. The third-order valence-corrected chi connectivity index (χ3v) is 3.98. The van der Waals surface area contributed by atoms with Crippen molar-refractivity contribution >= 4 is 33.2 Å². The SMILES string of the molecule is CC(N)c1nc(C(=O)OCc2ccc(Br)cc2)cs1. The predicted octanol–water partition coefficient (Wildman–Crippen LogP) is 3.28. The number of thiazole rings is 1. The maximum Gasteiger partial charge on any atom is 0.358 e. The van der Waals surface area contributed by atoms with Gasteiger partial charge in [0.15, 0.2) is 5.69 Å². The van der Waals surface area contributed by atoms with Crippen LogP contribution in [0.4, 0.5) is 0 Å². The number of carbonyl (C=O) groups excluding carboxylic acids is 1. The summed E-state index contributed by atoms with van der Waals surface area (Å²) < 4.78 is 6.19. The molecule has 0 saturated heterocycles.